The zero-order valence-corrected chi connectivity index (χ0v) is 16.2. The lowest BCUT2D eigenvalue weighted by atomic mass is 10.1. The van der Waals surface area contributed by atoms with Gasteiger partial charge in [-0.2, -0.15) is 0 Å². The molecule has 6 nitrogen and oxygen atoms in total. The molecule has 1 aliphatic rings. The molecule has 1 aliphatic heterocycles. The average Bonchev–Trinajstić information content (AvgIpc) is 2.96. The number of ether oxygens (including phenoxy) is 1. The number of H-pyrrole nitrogens is 1. The minimum Gasteiger partial charge on any atom is -0.379 e. The topological polar surface area (TPSA) is 74.4 Å². The fourth-order valence-electron chi connectivity index (χ4n) is 3.65. The van der Waals surface area contributed by atoms with Crippen molar-refractivity contribution in [2.45, 2.75) is 33.9 Å². The molecule has 3 rings (SSSR count). The number of ketones is 1. The van der Waals surface area contributed by atoms with Gasteiger partial charge in [0.05, 0.1) is 13.2 Å². The molecular weight excluding hydrogens is 342 g/mol. The van der Waals surface area contributed by atoms with Crippen LogP contribution in [0.2, 0.25) is 0 Å². The van der Waals surface area contributed by atoms with Gasteiger partial charge < -0.3 is 15.0 Å². The number of nitrogens with one attached hydrogen (secondary N) is 2. The standard InChI is InChI=1S/C21H27N3O3/c1-14-19(16(3)25)15(2)23-20(14)21(26)22-12-17-6-4-5-7-18(17)13-24-8-10-27-11-9-24/h4-7,23H,8-13H2,1-3H3,(H,22,26). The molecule has 27 heavy (non-hydrogen) atoms. The summed E-state index contributed by atoms with van der Waals surface area (Å²) in [7, 11) is 0. The zero-order chi connectivity index (χ0) is 19.4. The molecule has 1 aromatic carbocycles. The smallest absolute Gasteiger partial charge is 0.268 e. The Balaban J connectivity index is 1.69. The van der Waals surface area contributed by atoms with Crippen LogP contribution >= 0.6 is 0 Å². The SMILES string of the molecule is CC(=O)c1c(C)[nH]c(C(=O)NCc2ccccc2CN2CCOCC2)c1C. The van der Waals surface area contributed by atoms with Gasteiger partial charge in [0.2, 0.25) is 0 Å². The fourth-order valence-corrected chi connectivity index (χ4v) is 3.65. The molecule has 2 heterocycles. The summed E-state index contributed by atoms with van der Waals surface area (Å²) >= 11 is 0. The second-order valence-corrected chi connectivity index (χ2v) is 7.02. The van der Waals surface area contributed by atoms with E-state index in [-0.39, 0.29) is 11.7 Å². The van der Waals surface area contributed by atoms with E-state index in [0.717, 1.165) is 44.1 Å². The highest BCUT2D eigenvalue weighted by Crippen LogP contribution is 2.19. The number of hydrogen-bond acceptors (Lipinski definition) is 4. The lowest BCUT2D eigenvalue weighted by Crippen LogP contribution is -2.36. The molecule has 1 amide bonds. The summed E-state index contributed by atoms with van der Waals surface area (Å²) < 4.78 is 5.41. The van der Waals surface area contributed by atoms with E-state index >= 15 is 0 Å². The third-order valence-electron chi connectivity index (χ3n) is 5.07. The zero-order valence-electron chi connectivity index (χ0n) is 16.2. The largest absolute Gasteiger partial charge is 0.379 e. The third kappa shape index (κ3) is 4.46. The number of rotatable bonds is 6. The third-order valence-corrected chi connectivity index (χ3v) is 5.07. The van der Waals surface area contributed by atoms with Crippen LogP contribution in [0.4, 0.5) is 0 Å². The van der Waals surface area contributed by atoms with Crippen molar-refractivity contribution < 1.29 is 14.3 Å². The number of benzene rings is 1. The second-order valence-electron chi connectivity index (χ2n) is 7.02. The van der Waals surface area contributed by atoms with Gasteiger partial charge in [-0.05, 0) is 37.5 Å². The van der Waals surface area contributed by atoms with Crippen LogP contribution in [0.25, 0.3) is 0 Å². The molecule has 1 fully saturated rings. The van der Waals surface area contributed by atoms with Gasteiger partial charge in [-0.15, -0.1) is 0 Å². The number of amides is 1. The molecule has 0 atom stereocenters. The van der Waals surface area contributed by atoms with Gasteiger partial charge in [0.25, 0.3) is 5.91 Å². The summed E-state index contributed by atoms with van der Waals surface area (Å²) in [5, 5.41) is 2.99. The van der Waals surface area contributed by atoms with Crippen molar-refractivity contribution in [3.8, 4) is 0 Å². The molecule has 6 heteroatoms. The molecule has 144 valence electrons. The highest BCUT2D eigenvalue weighted by molar-refractivity contribution is 6.02. The van der Waals surface area contributed by atoms with Crippen LogP contribution in [-0.2, 0) is 17.8 Å². The van der Waals surface area contributed by atoms with Crippen molar-refractivity contribution >= 4 is 11.7 Å². The Morgan fingerprint density at radius 2 is 1.81 bits per heavy atom. The first-order valence-corrected chi connectivity index (χ1v) is 9.32. The molecule has 0 saturated carbocycles. The van der Waals surface area contributed by atoms with E-state index in [0.29, 0.717) is 23.4 Å². The first kappa shape index (κ1) is 19.3. The summed E-state index contributed by atoms with van der Waals surface area (Å²) in [6.07, 6.45) is 0. The van der Waals surface area contributed by atoms with Gasteiger partial charge in [-0.3, -0.25) is 14.5 Å². The number of Topliss-reactive ketones (excluding diaryl/α,β-unsaturated/α-hetero) is 1. The van der Waals surface area contributed by atoms with Crippen LogP contribution < -0.4 is 5.32 Å². The van der Waals surface area contributed by atoms with Crippen molar-refractivity contribution in [3.05, 3.63) is 57.9 Å². The Hall–Kier alpha value is -2.44. The molecule has 0 aliphatic carbocycles. The number of nitrogens with zero attached hydrogens (tertiary/aromatic N) is 1. The summed E-state index contributed by atoms with van der Waals surface area (Å²) in [5.41, 5.74) is 4.82. The average molecular weight is 369 g/mol. The second kappa shape index (κ2) is 8.50. The van der Waals surface area contributed by atoms with Crippen LogP contribution in [0, 0.1) is 13.8 Å². The number of aromatic nitrogens is 1. The van der Waals surface area contributed by atoms with Gasteiger partial charge in [-0.1, -0.05) is 24.3 Å². The maximum atomic E-state index is 12.6. The number of morpholine rings is 1. The monoisotopic (exact) mass is 369 g/mol. The van der Waals surface area contributed by atoms with E-state index in [1.807, 2.05) is 32.0 Å². The quantitative estimate of drug-likeness (QED) is 0.768. The van der Waals surface area contributed by atoms with Gasteiger partial charge in [0.1, 0.15) is 5.69 Å². The predicted octanol–water partition coefficient (Wildman–Crippen LogP) is 2.60. The predicted molar refractivity (Wildman–Crippen MR) is 104 cm³/mol. The lowest BCUT2D eigenvalue weighted by molar-refractivity contribution is 0.0340. The van der Waals surface area contributed by atoms with Crippen LogP contribution in [0.3, 0.4) is 0 Å². The normalized spacial score (nSPS) is 14.9. The summed E-state index contributed by atoms with van der Waals surface area (Å²) in [5.74, 6) is -0.222. The van der Waals surface area contributed by atoms with E-state index in [1.54, 1.807) is 0 Å². The summed E-state index contributed by atoms with van der Waals surface area (Å²) in [6, 6.07) is 8.17. The van der Waals surface area contributed by atoms with Crippen LogP contribution in [0.15, 0.2) is 24.3 Å². The Morgan fingerprint density at radius 1 is 1.15 bits per heavy atom. The number of hydrogen-bond donors (Lipinski definition) is 2. The van der Waals surface area contributed by atoms with Crippen molar-refractivity contribution in [2.75, 3.05) is 26.3 Å². The first-order valence-electron chi connectivity index (χ1n) is 9.32. The van der Waals surface area contributed by atoms with Gasteiger partial charge in [-0.25, -0.2) is 0 Å². The van der Waals surface area contributed by atoms with Crippen LogP contribution in [-0.4, -0.2) is 47.9 Å². The number of aryl methyl sites for hydroxylation is 1. The van der Waals surface area contributed by atoms with E-state index in [4.69, 9.17) is 4.74 Å². The van der Waals surface area contributed by atoms with Crippen molar-refractivity contribution in [2.24, 2.45) is 0 Å². The molecule has 0 bridgehead atoms. The summed E-state index contributed by atoms with van der Waals surface area (Å²) in [4.78, 5) is 29.8. The fraction of sp³-hybridized carbons (Fsp3) is 0.429. The molecule has 2 N–H and O–H groups in total. The lowest BCUT2D eigenvalue weighted by Gasteiger charge is -2.27. The van der Waals surface area contributed by atoms with Gasteiger partial charge >= 0.3 is 0 Å². The minimum atomic E-state index is -0.190. The highest BCUT2D eigenvalue weighted by Gasteiger charge is 2.20. The van der Waals surface area contributed by atoms with E-state index in [2.05, 4.69) is 21.3 Å². The van der Waals surface area contributed by atoms with E-state index in [9.17, 15) is 9.59 Å². The van der Waals surface area contributed by atoms with E-state index in [1.165, 1.54) is 12.5 Å². The molecular formula is C21H27N3O3. The Kier molecular flexibility index (Phi) is 6.08. The maximum Gasteiger partial charge on any atom is 0.268 e. The maximum absolute atomic E-state index is 12.6. The molecule has 2 aromatic rings. The van der Waals surface area contributed by atoms with Crippen molar-refractivity contribution in [1.82, 2.24) is 15.2 Å². The Morgan fingerprint density at radius 3 is 2.44 bits per heavy atom. The number of carbonyl (C=O) groups is 2. The molecule has 0 unspecified atom stereocenters. The molecule has 0 spiro atoms. The Bertz CT molecular complexity index is 835. The summed E-state index contributed by atoms with van der Waals surface area (Å²) in [6.45, 7) is 9.83. The van der Waals surface area contributed by atoms with E-state index < -0.39 is 0 Å². The first-order chi connectivity index (χ1) is 13.0. The van der Waals surface area contributed by atoms with Crippen LogP contribution in [0.5, 0.6) is 0 Å². The highest BCUT2D eigenvalue weighted by atomic mass is 16.5. The Labute approximate surface area is 159 Å². The number of aromatic amines is 1. The minimum absolute atomic E-state index is 0.0313. The number of carbonyl (C=O) groups excluding carboxylic acids is 2. The molecule has 0 radical (unpaired) electrons. The molecule has 1 saturated heterocycles. The van der Waals surface area contributed by atoms with Crippen molar-refractivity contribution in [3.63, 3.8) is 0 Å². The van der Waals surface area contributed by atoms with Gasteiger partial charge in [0.15, 0.2) is 5.78 Å². The van der Waals surface area contributed by atoms with Gasteiger partial charge in [0, 0.05) is 37.4 Å². The molecule has 1 aromatic heterocycles. The van der Waals surface area contributed by atoms with Crippen molar-refractivity contribution in [1.29, 1.82) is 0 Å². The van der Waals surface area contributed by atoms with Crippen LogP contribution in [0.1, 0.15) is 50.2 Å².